The van der Waals surface area contributed by atoms with Crippen LogP contribution in [0.5, 0.6) is 0 Å². The molecule has 58 heavy (non-hydrogen) atoms. The van der Waals surface area contributed by atoms with Crippen molar-refractivity contribution in [3.8, 4) is 0 Å². The third-order valence-corrected chi connectivity index (χ3v) is 6.83. The molecule has 0 spiro atoms. The zero-order chi connectivity index (χ0) is 47.6. The number of hydrogen-bond donors (Lipinski definition) is 6. The van der Waals surface area contributed by atoms with E-state index in [4.69, 9.17) is 15.3 Å². The maximum absolute atomic E-state index is 12.9. The van der Waals surface area contributed by atoms with Crippen molar-refractivity contribution in [3.63, 3.8) is 0 Å². The topological polar surface area (TPSA) is 121 Å². The van der Waals surface area contributed by atoms with Crippen molar-refractivity contribution >= 4 is 0 Å². The first kappa shape index (κ1) is 62.9. The fraction of sp³-hybridized carbons (Fsp3) is 0.800. The number of aliphatic hydroxyl groups excluding tert-OH is 6. The monoisotopic (exact) mass is 1030 g/mol. The Labute approximate surface area is 344 Å². The predicted molar refractivity (Wildman–Crippen MR) is 156 cm³/mol. The molecule has 0 heterocycles. The van der Waals surface area contributed by atoms with Gasteiger partial charge in [-0.3, -0.25) is 0 Å². The van der Waals surface area contributed by atoms with Crippen LogP contribution < -0.4 is 0 Å². The Morgan fingerprint density at radius 3 is 0.534 bits per heavy atom. The second-order valence-electron chi connectivity index (χ2n) is 15.0. The molecule has 1 radical (unpaired) electrons. The molecule has 345 valence electrons. The van der Waals surface area contributed by atoms with E-state index in [9.17, 15) is 108 Å². The van der Waals surface area contributed by atoms with Gasteiger partial charge in [-0.15, -0.1) is 0 Å². The summed E-state index contributed by atoms with van der Waals surface area (Å²) >= 11 is 0. The van der Waals surface area contributed by atoms with Gasteiger partial charge in [0, 0.05) is 35.6 Å². The van der Waals surface area contributed by atoms with E-state index in [0.717, 1.165) is 0 Å². The van der Waals surface area contributed by atoms with Gasteiger partial charge in [-0.1, -0.05) is 62.3 Å². The van der Waals surface area contributed by atoms with Crippen LogP contribution in [0.15, 0.2) is 35.5 Å². The molecule has 0 aliphatic rings. The zero-order valence-electron chi connectivity index (χ0n) is 31.2. The quantitative estimate of drug-likeness (QED) is 0.101. The summed E-state index contributed by atoms with van der Waals surface area (Å²) in [4.78, 5) is 0. The van der Waals surface area contributed by atoms with E-state index in [1.54, 1.807) is 0 Å². The summed E-state index contributed by atoms with van der Waals surface area (Å²) < 4.78 is 259. The van der Waals surface area contributed by atoms with Crippen LogP contribution in [-0.4, -0.2) is 103 Å². The Balaban J connectivity index is -0.000000374. The van der Waals surface area contributed by atoms with Crippen molar-refractivity contribution < 1.29 is 158 Å². The molecule has 0 saturated heterocycles. The molecule has 0 bridgehead atoms. The van der Waals surface area contributed by atoms with Gasteiger partial charge in [0.1, 0.15) is 0 Å². The van der Waals surface area contributed by atoms with Gasteiger partial charge in [-0.2, -0.15) is 92.2 Å². The summed E-state index contributed by atoms with van der Waals surface area (Å²) in [5.74, 6) is -44.5. The predicted octanol–water partition coefficient (Wildman–Crippen LogP) is 11.0. The molecule has 0 aliphatic carbocycles. The van der Waals surface area contributed by atoms with E-state index < -0.39 is 106 Å². The summed E-state index contributed by atoms with van der Waals surface area (Å²) in [7, 11) is 0. The first-order valence-electron chi connectivity index (χ1n) is 14.9. The number of hydrogen-bond acceptors (Lipinski definition) is 6. The van der Waals surface area contributed by atoms with Gasteiger partial charge in [0.05, 0.1) is 18.3 Å². The molecule has 0 aromatic carbocycles. The second kappa shape index (κ2) is 19.5. The minimum atomic E-state index is -6.54. The molecule has 6 N–H and O–H groups in total. The summed E-state index contributed by atoms with van der Waals surface area (Å²) in [6.07, 6.45) is -25.5. The Hall–Kier alpha value is -1.78. The Kier molecular flexibility index (Phi) is 21.2. The smallest absolute Gasteiger partial charge is 0.460 e. The molecule has 0 aliphatic heterocycles. The van der Waals surface area contributed by atoms with Crippen LogP contribution in [0.3, 0.4) is 0 Å². The first-order chi connectivity index (χ1) is 24.1. The molecule has 0 aromatic rings. The van der Waals surface area contributed by atoms with Crippen LogP contribution in [0.1, 0.15) is 62.3 Å². The summed E-state index contributed by atoms with van der Waals surface area (Å²) in [6.45, 7) is 11.8. The van der Waals surface area contributed by atoms with Crippen molar-refractivity contribution in [3.05, 3.63) is 35.5 Å². The zero-order valence-corrected chi connectivity index (χ0v) is 34.8. The fourth-order valence-electron chi connectivity index (χ4n) is 2.53. The van der Waals surface area contributed by atoms with Gasteiger partial charge in [0.15, 0.2) is 17.3 Å². The van der Waals surface area contributed by atoms with Crippen LogP contribution in [-0.2, 0) is 0 Å². The number of rotatable bonds is 9. The van der Waals surface area contributed by atoms with Crippen molar-refractivity contribution in [2.75, 3.05) is 0 Å². The van der Waals surface area contributed by atoms with Crippen LogP contribution in [0, 0.1) is 51.8 Å². The average Bonchev–Trinajstić information content (AvgIpc) is 2.93. The Bertz CT molecular complexity index is 1230. The molecule has 6 nitrogen and oxygen atoms in total. The van der Waals surface area contributed by atoms with E-state index in [1.165, 1.54) is 62.3 Å². The van der Waals surface area contributed by atoms with Gasteiger partial charge in [0.25, 0.3) is 0 Å². The van der Waals surface area contributed by atoms with Crippen LogP contribution in [0.2, 0.25) is 0 Å². The van der Waals surface area contributed by atoms with Crippen molar-refractivity contribution in [1.82, 2.24) is 0 Å². The molecule has 28 heteroatoms. The molecule has 3 atom stereocenters. The minimum absolute atomic E-state index is 0. The summed E-state index contributed by atoms with van der Waals surface area (Å²) in [6, 6.07) is 0. The molecule has 0 rings (SSSR count). The van der Waals surface area contributed by atoms with Crippen LogP contribution in [0.4, 0.5) is 92.2 Å². The number of alkyl halides is 21. The molecular formula is C30H39F21LaO6. The van der Waals surface area contributed by atoms with E-state index in [2.05, 4.69) is 0 Å². The Morgan fingerprint density at radius 2 is 0.448 bits per heavy atom. The van der Waals surface area contributed by atoms with Crippen molar-refractivity contribution in [1.29, 1.82) is 0 Å². The maximum atomic E-state index is 12.9. The number of allylic oxidation sites excluding steroid dienone is 3. The molecular weight excluding hydrogens is 994 g/mol. The minimum Gasteiger partial charge on any atom is -0.506 e. The Morgan fingerprint density at radius 1 is 0.328 bits per heavy atom. The first-order valence-corrected chi connectivity index (χ1v) is 14.9. The molecule has 0 fully saturated rings. The summed E-state index contributed by atoms with van der Waals surface area (Å²) in [5.41, 5.74) is -3.38. The van der Waals surface area contributed by atoms with Gasteiger partial charge >= 0.3 is 54.1 Å². The number of aliphatic hydroxyl groups is 6. The van der Waals surface area contributed by atoms with Gasteiger partial charge < -0.3 is 30.6 Å². The van der Waals surface area contributed by atoms with Gasteiger partial charge in [-0.25, -0.2) is 0 Å². The largest absolute Gasteiger partial charge is 0.506 e. The third kappa shape index (κ3) is 15.3. The molecule has 0 aromatic heterocycles. The van der Waals surface area contributed by atoms with E-state index >= 15 is 0 Å². The van der Waals surface area contributed by atoms with Crippen molar-refractivity contribution in [2.24, 2.45) is 16.2 Å². The van der Waals surface area contributed by atoms with E-state index in [0.29, 0.717) is 0 Å². The fourth-order valence-corrected chi connectivity index (χ4v) is 2.53. The second-order valence-corrected chi connectivity index (χ2v) is 15.0. The van der Waals surface area contributed by atoms with Crippen molar-refractivity contribution in [2.45, 2.75) is 135 Å². The maximum Gasteiger partial charge on any atom is 0.460 e. The molecule has 3 unspecified atom stereocenters. The van der Waals surface area contributed by atoms with Crippen LogP contribution >= 0.6 is 0 Å². The third-order valence-electron chi connectivity index (χ3n) is 6.83. The SMILES string of the molecule is CC(C)(C)C(O)/C=C(\O)C(F)(F)C(F)(F)C(F)(F)F.CC(C)(C)C(O)/C=C(\O)C(F)(F)C(F)(F)C(F)(F)F.CC(C)(C)C(O)/C=C(\O)C(F)(F)C(F)(F)C(F)(F)F.[La]. The van der Waals surface area contributed by atoms with Gasteiger partial charge in [-0.05, 0) is 34.5 Å². The standard InChI is InChI=1S/3C10H13F7O2.La/c3*1-7(2,3)5(18)4-6(19)8(11,12)9(13,14)10(15,16)17;/h3*4-5,18-19H,1-3H3;/b3*6-4-;. The van der Waals surface area contributed by atoms with Crippen LogP contribution in [0.25, 0.3) is 0 Å². The average molecular weight is 1030 g/mol. The van der Waals surface area contributed by atoms with E-state index in [1.807, 2.05) is 0 Å². The molecule has 0 saturated carbocycles. The normalized spacial score (nSPS) is 17.2. The van der Waals surface area contributed by atoms with E-state index in [-0.39, 0.29) is 53.8 Å². The molecule has 0 amide bonds. The number of halogens is 21. The summed E-state index contributed by atoms with van der Waals surface area (Å²) in [5, 5.41) is 54.2. The van der Waals surface area contributed by atoms with Gasteiger partial charge in [0.2, 0.25) is 0 Å².